The molecule has 0 unspecified atom stereocenters. The second kappa shape index (κ2) is 9.24. The number of fused-ring (bicyclic) bond motifs is 2. The first-order chi connectivity index (χ1) is 16.2. The maximum atomic E-state index is 13.4. The number of aromatic nitrogens is 3. The highest BCUT2D eigenvalue weighted by atomic mass is 16.2. The van der Waals surface area contributed by atoms with E-state index in [1.807, 2.05) is 51.9 Å². The Kier molecular flexibility index (Phi) is 5.85. The number of anilines is 1. The fourth-order valence-electron chi connectivity index (χ4n) is 4.38. The molecular formula is C26H25N5O2. The molecule has 0 saturated heterocycles. The smallest absolute Gasteiger partial charge is 0.269 e. The molecule has 4 aromatic rings. The summed E-state index contributed by atoms with van der Waals surface area (Å²) in [6, 6.07) is 21.2. The van der Waals surface area contributed by atoms with Crippen LogP contribution in [-0.4, -0.2) is 39.4 Å². The number of nitrogens with one attached hydrogen (secondary N) is 1. The maximum absolute atomic E-state index is 13.4. The zero-order chi connectivity index (χ0) is 22.6. The standard InChI is InChI=1S/C26H25N5O2/c32-25(30-17-7-9-19-8-1-3-12-22(19)30)18-31-23-13-4-2-10-20(23)29-24(31)14-16-28-26(33)21-11-5-6-15-27-21/h1-6,8,10-13,15H,7,9,14,16-18H2,(H,28,33). The van der Waals surface area contributed by atoms with Gasteiger partial charge >= 0.3 is 0 Å². The molecule has 7 nitrogen and oxygen atoms in total. The third-order valence-electron chi connectivity index (χ3n) is 5.97. The van der Waals surface area contributed by atoms with E-state index in [4.69, 9.17) is 4.98 Å². The number of rotatable bonds is 6. The molecule has 2 aromatic heterocycles. The molecule has 3 heterocycles. The molecule has 2 aromatic carbocycles. The minimum absolute atomic E-state index is 0.0454. The van der Waals surface area contributed by atoms with Gasteiger partial charge in [-0.25, -0.2) is 4.98 Å². The summed E-state index contributed by atoms with van der Waals surface area (Å²) >= 11 is 0. The van der Waals surface area contributed by atoms with Crippen molar-refractivity contribution in [2.45, 2.75) is 25.8 Å². The van der Waals surface area contributed by atoms with Gasteiger partial charge in [0.15, 0.2) is 0 Å². The average Bonchev–Trinajstić information content (AvgIpc) is 3.21. The SMILES string of the molecule is O=C(NCCc1nc2ccccc2n1CC(=O)N1CCCc2ccccc21)c1ccccn1. The summed E-state index contributed by atoms with van der Waals surface area (Å²) in [4.78, 5) is 36.4. The molecule has 0 saturated carbocycles. The fourth-order valence-corrected chi connectivity index (χ4v) is 4.38. The molecule has 0 fully saturated rings. The van der Waals surface area contributed by atoms with Gasteiger partial charge in [-0.1, -0.05) is 36.4 Å². The van der Waals surface area contributed by atoms with E-state index in [2.05, 4.69) is 16.4 Å². The van der Waals surface area contributed by atoms with Crippen molar-refractivity contribution in [2.75, 3.05) is 18.0 Å². The number of amides is 2. The van der Waals surface area contributed by atoms with Gasteiger partial charge < -0.3 is 14.8 Å². The Labute approximate surface area is 192 Å². The van der Waals surface area contributed by atoms with Crippen molar-refractivity contribution in [1.82, 2.24) is 19.9 Å². The second-order valence-corrected chi connectivity index (χ2v) is 8.10. The van der Waals surface area contributed by atoms with Gasteiger partial charge in [0.05, 0.1) is 11.0 Å². The predicted octanol–water partition coefficient (Wildman–Crippen LogP) is 3.38. The molecule has 0 aliphatic carbocycles. The summed E-state index contributed by atoms with van der Waals surface area (Å²) < 4.78 is 1.97. The molecule has 2 amide bonds. The lowest BCUT2D eigenvalue weighted by molar-refractivity contribution is -0.119. The number of aryl methyl sites for hydroxylation is 1. The normalized spacial score (nSPS) is 13.0. The van der Waals surface area contributed by atoms with Crippen LogP contribution in [0.15, 0.2) is 72.9 Å². The van der Waals surface area contributed by atoms with Crippen LogP contribution >= 0.6 is 0 Å². The summed E-state index contributed by atoms with van der Waals surface area (Å²) in [6.45, 7) is 1.33. The van der Waals surface area contributed by atoms with E-state index >= 15 is 0 Å². The highest BCUT2D eigenvalue weighted by Crippen LogP contribution is 2.27. The topological polar surface area (TPSA) is 80.1 Å². The molecule has 33 heavy (non-hydrogen) atoms. The molecule has 0 radical (unpaired) electrons. The van der Waals surface area contributed by atoms with E-state index in [9.17, 15) is 9.59 Å². The van der Waals surface area contributed by atoms with E-state index in [0.29, 0.717) is 18.7 Å². The van der Waals surface area contributed by atoms with E-state index in [1.165, 1.54) is 5.56 Å². The van der Waals surface area contributed by atoms with Crippen LogP contribution in [0.5, 0.6) is 0 Å². The molecule has 0 atom stereocenters. The van der Waals surface area contributed by atoms with Gasteiger partial charge in [0, 0.05) is 31.4 Å². The Morgan fingerprint density at radius 1 is 0.970 bits per heavy atom. The quantitative estimate of drug-likeness (QED) is 0.500. The van der Waals surface area contributed by atoms with Crippen molar-refractivity contribution in [3.63, 3.8) is 0 Å². The van der Waals surface area contributed by atoms with Gasteiger partial charge in [0.2, 0.25) is 5.91 Å². The third-order valence-corrected chi connectivity index (χ3v) is 5.97. The Morgan fingerprint density at radius 2 is 1.79 bits per heavy atom. The highest BCUT2D eigenvalue weighted by molar-refractivity contribution is 5.95. The van der Waals surface area contributed by atoms with Crippen LogP contribution in [0.3, 0.4) is 0 Å². The Bertz CT molecular complexity index is 1300. The number of imidazole rings is 1. The largest absolute Gasteiger partial charge is 0.350 e. The maximum Gasteiger partial charge on any atom is 0.269 e. The second-order valence-electron chi connectivity index (χ2n) is 8.10. The number of pyridine rings is 1. The average molecular weight is 440 g/mol. The van der Waals surface area contributed by atoms with Crippen LogP contribution in [0.2, 0.25) is 0 Å². The first kappa shape index (κ1) is 20.9. The van der Waals surface area contributed by atoms with Crippen molar-refractivity contribution in [2.24, 2.45) is 0 Å². The minimum atomic E-state index is -0.223. The number of hydrogen-bond acceptors (Lipinski definition) is 4. The molecule has 0 spiro atoms. The predicted molar refractivity (Wildman–Crippen MR) is 127 cm³/mol. The van der Waals surface area contributed by atoms with Gasteiger partial charge in [0.25, 0.3) is 5.91 Å². The zero-order valence-corrected chi connectivity index (χ0v) is 18.3. The van der Waals surface area contributed by atoms with Crippen LogP contribution in [0.1, 0.15) is 28.3 Å². The van der Waals surface area contributed by atoms with Gasteiger partial charge in [-0.3, -0.25) is 14.6 Å². The Hall–Kier alpha value is -4.00. The summed E-state index contributed by atoms with van der Waals surface area (Å²) in [5, 5.41) is 2.90. The third kappa shape index (κ3) is 4.35. The molecule has 166 valence electrons. The van der Waals surface area contributed by atoms with Crippen LogP contribution in [0.4, 0.5) is 5.69 Å². The molecule has 1 N–H and O–H groups in total. The van der Waals surface area contributed by atoms with E-state index < -0.39 is 0 Å². The van der Waals surface area contributed by atoms with E-state index in [1.54, 1.807) is 24.4 Å². The number of carbonyl (C=O) groups is 2. The van der Waals surface area contributed by atoms with Gasteiger partial charge in [0.1, 0.15) is 18.1 Å². The van der Waals surface area contributed by atoms with Crippen molar-refractivity contribution in [1.29, 1.82) is 0 Å². The van der Waals surface area contributed by atoms with Crippen LogP contribution in [0, 0.1) is 0 Å². The van der Waals surface area contributed by atoms with Crippen molar-refractivity contribution in [3.05, 3.63) is 90.0 Å². The highest BCUT2D eigenvalue weighted by Gasteiger charge is 2.24. The number of carbonyl (C=O) groups excluding carboxylic acids is 2. The van der Waals surface area contributed by atoms with E-state index in [-0.39, 0.29) is 18.4 Å². The molecule has 1 aliphatic heterocycles. The zero-order valence-electron chi connectivity index (χ0n) is 18.3. The van der Waals surface area contributed by atoms with Crippen molar-refractivity contribution < 1.29 is 9.59 Å². The monoisotopic (exact) mass is 439 g/mol. The minimum Gasteiger partial charge on any atom is -0.350 e. The van der Waals surface area contributed by atoms with Crippen LogP contribution in [-0.2, 0) is 24.2 Å². The molecule has 7 heteroatoms. The molecular weight excluding hydrogens is 414 g/mol. The molecule has 5 rings (SSSR count). The number of hydrogen-bond donors (Lipinski definition) is 1. The van der Waals surface area contributed by atoms with Gasteiger partial charge in [-0.15, -0.1) is 0 Å². The molecule has 1 aliphatic rings. The molecule has 0 bridgehead atoms. The lowest BCUT2D eigenvalue weighted by Gasteiger charge is -2.29. The lowest BCUT2D eigenvalue weighted by Crippen LogP contribution is -2.38. The van der Waals surface area contributed by atoms with Gasteiger partial charge in [-0.05, 0) is 48.7 Å². The Morgan fingerprint density at radius 3 is 2.67 bits per heavy atom. The fraction of sp³-hybridized carbons (Fsp3) is 0.231. The summed E-state index contributed by atoms with van der Waals surface area (Å²) in [7, 11) is 0. The summed E-state index contributed by atoms with van der Waals surface area (Å²) in [6.07, 6.45) is 4.06. The number of para-hydroxylation sites is 3. The van der Waals surface area contributed by atoms with Crippen LogP contribution < -0.4 is 10.2 Å². The van der Waals surface area contributed by atoms with E-state index in [0.717, 1.165) is 41.9 Å². The Balaban J connectivity index is 1.35. The van der Waals surface area contributed by atoms with Crippen molar-refractivity contribution in [3.8, 4) is 0 Å². The summed E-state index contributed by atoms with van der Waals surface area (Å²) in [5.41, 5.74) is 4.36. The van der Waals surface area contributed by atoms with Gasteiger partial charge in [-0.2, -0.15) is 0 Å². The lowest BCUT2D eigenvalue weighted by atomic mass is 10.0. The first-order valence-electron chi connectivity index (χ1n) is 11.2. The number of benzene rings is 2. The number of nitrogens with zero attached hydrogens (tertiary/aromatic N) is 4. The summed E-state index contributed by atoms with van der Waals surface area (Å²) in [5.74, 6) is 0.597. The first-order valence-corrected chi connectivity index (χ1v) is 11.2. The van der Waals surface area contributed by atoms with Crippen LogP contribution in [0.25, 0.3) is 11.0 Å². The van der Waals surface area contributed by atoms with Crippen molar-refractivity contribution >= 4 is 28.5 Å².